The Morgan fingerprint density at radius 2 is 2.03 bits per heavy atom. The molecular weight excluding hydrogens is 374 g/mol. The van der Waals surface area contributed by atoms with E-state index in [2.05, 4.69) is 10.6 Å². The van der Waals surface area contributed by atoms with E-state index in [1.54, 1.807) is 7.05 Å². The van der Waals surface area contributed by atoms with Gasteiger partial charge in [0, 0.05) is 13.6 Å². The summed E-state index contributed by atoms with van der Waals surface area (Å²) in [7, 11) is 1.56. The van der Waals surface area contributed by atoms with Gasteiger partial charge in [-0.05, 0) is 32.1 Å². The largest absolute Gasteiger partial charge is 0.394 e. The molecule has 2 bridgehead atoms. The molecule has 8 nitrogen and oxygen atoms in total. The highest BCUT2D eigenvalue weighted by Gasteiger charge is 2.80. The molecule has 3 fully saturated rings. The number of amides is 3. The fourth-order valence-corrected chi connectivity index (χ4v) is 5.82. The number of rotatable bonds is 8. The number of likely N-dealkylation sites (tertiary alicyclic amines) is 1. The van der Waals surface area contributed by atoms with Crippen molar-refractivity contribution in [2.45, 2.75) is 76.7 Å². The lowest BCUT2D eigenvalue weighted by Crippen LogP contribution is -2.58. The first-order valence-electron chi connectivity index (χ1n) is 10.9. The number of carbonyl (C=O) groups excluding carboxylic acids is 3. The van der Waals surface area contributed by atoms with Crippen molar-refractivity contribution >= 4 is 17.7 Å². The van der Waals surface area contributed by atoms with Gasteiger partial charge in [-0.2, -0.15) is 0 Å². The standard InChI is InChI=1S/C21H35N3O5/c1-6-8-9-23-18(27)16-21-10-12(3)20(4,29-21)14(17(26)22-5)15(21)19(28)24(16)13(7-2)11-25/h12-16,25H,6-11H2,1-5H3,(H,22,26)(H,23,27)/t12?,13-,14-,15-,16?,20+,21?/m0/s1. The maximum Gasteiger partial charge on any atom is 0.245 e. The van der Waals surface area contributed by atoms with Crippen LogP contribution in [0.15, 0.2) is 0 Å². The summed E-state index contributed by atoms with van der Waals surface area (Å²) < 4.78 is 6.53. The number of ether oxygens (including phenoxy) is 1. The van der Waals surface area contributed by atoms with Gasteiger partial charge in [-0.3, -0.25) is 14.4 Å². The quantitative estimate of drug-likeness (QED) is 0.504. The lowest BCUT2D eigenvalue weighted by molar-refractivity contribution is -0.150. The van der Waals surface area contributed by atoms with Gasteiger partial charge in [-0.25, -0.2) is 0 Å². The highest BCUT2D eigenvalue weighted by molar-refractivity contribution is 5.99. The molecule has 3 saturated heterocycles. The number of hydrogen-bond acceptors (Lipinski definition) is 5. The molecule has 0 aromatic heterocycles. The van der Waals surface area contributed by atoms with E-state index in [1.807, 2.05) is 27.7 Å². The summed E-state index contributed by atoms with van der Waals surface area (Å²) in [5.74, 6) is -2.10. The van der Waals surface area contributed by atoms with Crippen molar-refractivity contribution in [3.05, 3.63) is 0 Å². The van der Waals surface area contributed by atoms with Gasteiger partial charge in [0.05, 0.1) is 30.1 Å². The highest BCUT2D eigenvalue weighted by atomic mass is 16.5. The summed E-state index contributed by atoms with van der Waals surface area (Å²) in [6.07, 6.45) is 2.84. The first-order valence-corrected chi connectivity index (χ1v) is 10.9. The van der Waals surface area contributed by atoms with E-state index in [0.717, 1.165) is 12.8 Å². The molecule has 29 heavy (non-hydrogen) atoms. The highest BCUT2D eigenvalue weighted by Crippen LogP contribution is 2.65. The molecule has 0 aromatic rings. The number of hydrogen-bond donors (Lipinski definition) is 3. The number of aliphatic hydroxyl groups excluding tert-OH is 1. The molecule has 7 atom stereocenters. The number of aliphatic hydroxyl groups is 1. The molecule has 3 amide bonds. The molecule has 3 rings (SSSR count). The maximum absolute atomic E-state index is 13.6. The summed E-state index contributed by atoms with van der Waals surface area (Å²) in [4.78, 5) is 41.3. The number of nitrogens with zero attached hydrogens (tertiary/aromatic N) is 1. The molecule has 164 valence electrons. The van der Waals surface area contributed by atoms with E-state index in [4.69, 9.17) is 4.74 Å². The Kier molecular flexibility index (Phi) is 5.98. The molecule has 3 N–H and O–H groups in total. The van der Waals surface area contributed by atoms with Crippen LogP contribution < -0.4 is 10.6 Å². The maximum atomic E-state index is 13.6. The molecule has 0 radical (unpaired) electrons. The average molecular weight is 410 g/mol. The van der Waals surface area contributed by atoms with Crippen molar-refractivity contribution in [2.24, 2.45) is 17.8 Å². The van der Waals surface area contributed by atoms with Gasteiger partial charge < -0.3 is 25.4 Å². The van der Waals surface area contributed by atoms with Crippen LogP contribution in [0, 0.1) is 17.8 Å². The Bertz CT molecular complexity index is 681. The second kappa shape index (κ2) is 7.87. The Morgan fingerprint density at radius 3 is 2.59 bits per heavy atom. The molecule has 1 spiro atoms. The van der Waals surface area contributed by atoms with Crippen LogP contribution in [0.5, 0.6) is 0 Å². The van der Waals surface area contributed by atoms with E-state index < -0.39 is 35.1 Å². The normalized spacial score (nSPS) is 38.8. The zero-order valence-electron chi connectivity index (χ0n) is 18.2. The van der Waals surface area contributed by atoms with Crippen molar-refractivity contribution in [2.75, 3.05) is 20.2 Å². The minimum atomic E-state index is -1.04. The lowest BCUT2D eigenvalue weighted by atomic mass is 9.62. The summed E-state index contributed by atoms with van der Waals surface area (Å²) in [5, 5.41) is 15.6. The predicted octanol–water partition coefficient (Wildman–Crippen LogP) is 0.430. The van der Waals surface area contributed by atoms with E-state index >= 15 is 0 Å². The van der Waals surface area contributed by atoms with Crippen molar-refractivity contribution in [1.29, 1.82) is 0 Å². The molecule has 8 heteroatoms. The first-order chi connectivity index (χ1) is 13.7. The Balaban J connectivity index is 2.08. The first kappa shape index (κ1) is 22.0. The summed E-state index contributed by atoms with van der Waals surface area (Å²) in [6, 6.07) is -1.33. The van der Waals surface area contributed by atoms with Crippen LogP contribution in [0.1, 0.15) is 53.4 Å². The third-order valence-electron chi connectivity index (χ3n) is 7.43. The zero-order valence-corrected chi connectivity index (χ0v) is 18.2. The van der Waals surface area contributed by atoms with Gasteiger partial charge in [0.15, 0.2) is 0 Å². The van der Waals surface area contributed by atoms with Gasteiger partial charge in [-0.1, -0.05) is 27.2 Å². The van der Waals surface area contributed by atoms with Crippen molar-refractivity contribution < 1.29 is 24.2 Å². The second-order valence-corrected chi connectivity index (χ2v) is 8.95. The zero-order chi connectivity index (χ0) is 21.6. The number of unbranched alkanes of at least 4 members (excludes halogenated alkanes) is 1. The third kappa shape index (κ3) is 2.98. The Labute approximate surface area is 172 Å². The van der Waals surface area contributed by atoms with Crippen LogP contribution in [0.4, 0.5) is 0 Å². The van der Waals surface area contributed by atoms with Gasteiger partial charge in [-0.15, -0.1) is 0 Å². The van der Waals surface area contributed by atoms with E-state index in [-0.39, 0.29) is 30.2 Å². The molecule has 3 aliphatic heterocycles. The van der Waals surface area contributed by atoms with Crippen LogP contribution in [0.2, 0.25) is 0 Å². The molecule has 0 saturated carbocycles. The summed E-state index contributed by atoms with van der Waals surface area (Å²) in [6.45, 7) is 8.12. The predicted molar refractivity (Wildman–Crippen MR) is 107 cm³/mol. The van der Waals surface area contributed by atoms with Gasteiger partial charge in [0.25, 0.3) is 0 Å². The van der Waals surface area contributed by atoms with Crippen LogP contribution >= 0.6 is 0 Å². The smallest absolute Gasteiger partial charge is 0.245 e. The summed E-state index contributed by atoms with van der Waals surface area (Å²) >= 11 is 0. The molecule has 3 unspecified atom stereocenters. The van der Waals surface area contributed by atoms with Crippen molar-refractivity contribution in [1.82, 2.24) is 15.5 Å². The molecule has 3 aliphatic rings. The van der Waals surface area contributed by atoms with Crippen molar-refractivity contribution in [3.8, 4) is 0 Å². The molecule has 0 aliphatic carbocycles. The van der Waals surface area contributed by atoms with E-state index in [0.29, 0.717) is 19.4 Å². The van der Waals surface area contributed by atoms with E-state index in [9.17, 15) is 19.5 Å². The minimum absolute atomic E-state index is 0.0222. The lowest BCUT2D eigenvalue weighted by Gasteiger charge is -2.36. The fourth-order valence-electron chi connectivity index (χ4n) is 5.82. The van der Waals surface area contributed by atoms with Gasteiger partial charge >= 0.3 is 0 Å². The minimum Gasteiger partial charge on any atom is -0.394 e. The van der Waals surface area contributed by atoms with E-state index in [1.165, 1.54) is 4.90 Å². The van der Waals surface area contributed by atoms with Gasteiger partial charge in [0.1, 0.15) is 11.6 Å². The topological polar surface area (TPSA) is 108 Å². The number of carbonyl (C=O) groups is 3. The molecule has 0 aromatic carbocycles. The number of nitrogens with one attached hydrogen (secondary N) is 2. The summed E-state index contributed by atoms with van der Waals surface area (Å²) in [5.41, 5.74) is -1.84. The van der Waals surface area contributed by atoms with Gasteiger partial charge in [0.2, 0.25) is 17.7 Å². The molecule has 3 heterocycles. The van der Waals surface area contributed by atoms with Crippen LogP contribution in [0.3, 0.4) is 0 Å². The monoisotopic (exact) mass is 409 g/mol. The fraction of sp³-hybridized carbons (Fsp3) is 0.857. The van der Waals surface area contributed by atoms with Crippen LogP contribution in [0.25, 0.3) is 0 Å². The molecular formula is C21H35N3O5. The number of fused-ring (bicyclic) bond motifs is 1. The average Bonchev–Trinajstić information content (AvgIpc) is 3.20. The van der Waals surface area contributed by atoms with Crippen molar-refractivity contribution in [3.63, 3.8) is 0 Å². The Morgan fingerprint density at radius 1 is 1.34 bits per heavy atom. The Hall–Kier alpha value is -1.67. The van der Waals surface area contributed by atoms with Crippen LogP contribution in [-0.2, 0) is 19.1 Å². The SMILES string of the molecule is CCCCNC(=O)C1N([C@@H](CC)CO)C(=O)[C@@H]2[C@@H](C(=O)NC)[C@]3(C)OC12CC3C. The second-order valence-electron chi connectivity index (χ2n) is 8.95. The van der Waals surface area contributed by atoms with Crippen LogP contribution in [-0.4, -0.2) is 71.2 Å². The third-order valence-corrected chi connectivity index (χ3v) is 7.43.